The lowest BCUT2D eigenvalue weighted by atomic mass is 9.87. The average Bonchev–Trinajstić information content (AvgIpc) is 2.83. The van der Waals surface area contributed by atoms with Crippen molar-refractivity contribution in [3.05, 3.63) is 29.8 Å². The zero-order valence-electron chi connectivity index (χ0n) is 14.3. The van der Waals surface area contributed by atoms with Crippen molar-refractivity contribution in [2.24, 2.45) is 5.92 Å². The molecule has 1 aromatic carbocycles. The molecule has 0 aromatic heterocycles. The fraction of sp³-hybridized carbons (Fsp3) is 0.647. The quantitative estimate of drug-likeness (QED) is 0.855. The summed E-state index contributed by atoms with van der Waals surface area (Å²) >= 11 is 0. The molecule has 2 rings (SSSR count). The molecule has 0 amide bonds. The summed E-state index contributed by atoms with van der Waals surface area (Å²) in [6.45, 7) is 10.8. The van der Waals surface area contributed by atoms with Crippen molar-refractivity contribution >= 4 is 10.0 Å². The predicted octanol–water partition coefficient (Wildman–Crippen LogP) is 2.90. The first kappa shape index (κ1) is 17.4. The van der Waals surface area contributed by atoms with Gasteiger partial charge in [-0.05, 0) is 35.9 Å². The highest BCUT2D eigenvalue weighted by molar-refractivity contribution is 7.89. The van der Waals surface area contributed by atoms with Crippen molar-refractivity contribution in [3.8, 4) is 0 Å². The molecule has 22 heavy (non-hydrogen) atoms. The standard InChI is InChI=1S/C17H28N2O2S/c1-14-10-11-19(12-14)13-18(5)22(20,21)16-9-7-6-8-15(16)17(2,3)4/h6-9,14H,10-13H2,1-5H3. The van der Waals surface area contributed by atoms with Crippen molar-refractivity contribution in [3.63, 3.8) is 0 Å². The van der Waals surface area contributed by atoms with Gasteiger partial charge in [0.05, 0.1) is 11.6 Å². The van der Waals surface area contributed by atoms with Gasteiger partial charge in [-0.2, -0.15) is 4.31 Å². The first-order valence-electron chi connectivity index (χ1n) is 7.90. The molecule has 1 aliphatic heterocycles. The Hall–Kier alpha value is -0.910. The Kier molecular flexibility index (Phi) is 5.00. The molecule has 0 N–H and O–H groups in total. The summed E-state index contributed by atoms with van der Waals surface area (Å²) in [5.74, 6) is 0.651. The van der Waals surface area contributed by atoms with Crippen LogP contribution in [-0.2, 0) is 15.4 Å². The summed E-state index contributed by atoms with van der Waals surface area (Å²) < 4.78 is 27.4. The van der Waals surface area contributed by atoms with E-state index in [2.05, 4.69) is 11.8 Å². The number of hydrogen-bond donors (Lipinski definition) is 0. The molecule has 0 saturated carbocycles. The van der Waals surface area contributed by atoms with Gasteiger partial charge < -0.3 is 0 Å². The van der Waals surface area contributed by atoms with E-state index in [1.54, 1.807) is 19.2 Å². The number of hydrogen-bond acceptors (Lipinski definition) is 3. The van der Waals surface area contributed by atoms with Crippen LogP contribution >= 0.6 is 0 Å². The first-order chi connectivity index (χ1) is 10.1. The predicted molar refractivity (Wildman–Crippen MR) is 90.3 cm³/mol. The maximum atomic E-state index is 13.0. The first-order valence-corrected chi connectivity index (χ1v) is 9.34. The van der Waals surface area contributed by atoms with Gasteiger partial charge in [-0.1, -0.05) is 45.9 Å². The molecule has 124 valence electrons. The molecule has 1 saturated heterocycles. The fourth-order valence-electron chi connectivity index (χ4n) is 2.99. The van der Waals surface area contributed by atoms with Crippen molar-refractivity contribution in [2.45, 2.75) is 44.4 Å². The molecule has 4 nitrogen and oxygen atoms in total. The third-order valence-corrected chi connectivity index (χ3v) is 6.14. The van der Waals surface area contributed by atoms with E-state index in [4.69, 9.17) is 0 Å². The highest BCUT2D eigenvalue weighted by Gasteiger charge is 2.30. The van der Waals surface area contributed by atoms with E-state index < -0.39 is 10.0 Å². The number of nitrogens with zero attached hydrogens (tertiary/aromatic N) is 2. The Labute approximate surface area is 135 Å². The minimum atomic E-state index is -3.47. The molecule has 0 aliphatic carbocycles. The SMILES string of the molecule is CC1CCN(CN(C)S(=O)(=O)c2ccccc2C(C)(C)C)C1. The van der Waals surface area contributed by atoms with Gasteiger partial charge in [-0.25, -0.2) is 8.42 Å². The number of benzene rings is 1. The zero-order chi connectivity index (χ0) is 16.5. The van der Waals surface area contributed by atoms with E-state index in [0.717, 1.165) is 25.1 Å². The molecule has 1 heterocycles. The van der Waals surface area contributed by atoms with E-state index in [9.17, 15) is 8.42 Å². The second-order valence-corrected chi connectivity index (χ2v) is 9.47. The highest BCUT2D eigenvalue weighted by Crippen LogP contribution is 2.30. The maximum absolute atomic E-state index is 13.0. The second kappa shape index (κ2) is 6.30. The van der Waals surface area contributed by atoms with Gasteiger partial charge in [0.2, 0.25) is 10.0 Å². The Morgan fingerprint density at radius 2 is 1.91 bits per heavy atom. The van der Waals surface area contributed by atoms with Crippen LogP contribution in [0.1, 0.15) is 39.7 Å². The molecule has 1 unspecified atom stereocenters. The summed E-state index contributed by atoms with van der Waals surface area (Å²) in [5.41, 5.74) is 0.670. The second-order valence-electron chi connectivity index (χ2n) is 7.46. The molecule has 1 aliphatic rings. The van der Waals surface area contributed by atoms with Gasteiger partial charge in [-0.3, -0.25) is 4.90 Å². The lowest BCUT2D eigenvalue weighted by molar-refractivity contribution is 0.245. The number of likely N-dealkylation sites (tertiary alicyclic amines) is 1. The van der Waals surface area contributed by atoms with Crippen LogP contribution in [0.2, 0.25) is 0 Å². The van der Waals surface area contributed by atoms with Gasteiger partial charge in [0.25, 0.3) is 0 Å². The van der Waals surface area contributed by atoms with Crippen molar-refractivity contribution in [2.75, 3.05) is 26.8 Å². The van der Waals surface area contributed by atoms with E-state index in [-0.39, 0.29) is 5.41 Å². The van der Waals surface area contributed by atoms with Crippen LogP contribution in [0.4, 0.5) is 0 Å². The molecule has 1 fully saturated rings. The Morgan fingerprint density at radius 3 is 2.45 bits per heavy atom. The molecule has 1 atom stereocenters. The van der Waals surface area contributed by atoms with Crippen molar-refractivity contribution in [1.29, 1.82) is 0 Å². The molecular formula is C17H28N2O2S. The summed E-state index contributed by atoms with van der Waals surface area (Å²) in [6, 6.07) is 7.34. The molecule has 0 bridgehead atoms. The molecule has 1 aromatic rings. The number of sulfonamides is 1. The van der Waals surface area contributed by atoms with Crippen LogP contribution in [-0.4, -0.2) is 44.4 Å². The van der Waals surface area contributed by atoms with Crippen LogP contribution < -0.4 is 0 Å². The Balaban J connectivity index is 2.27. The molecule has 0 spiro atoms. The van der Waals surface area contributed by atoms with Crippen LogP contribution in [0, 0.1) is 5.92 Å². The highest BCUT2D eigenvalue weighted by atomic mass is 32.2. The van der Waals surface area contributed by atoms with E-state index >= 15 is 0 Å². The fourth-order valence-corrected chi connectivity index (χ4v) is 4.55. The Bertz CT molecular complexity index is 620. The largest absolute Gasteiger partial charge is 0.289 e. The van der Waals surface area contributed by atoms with Gasteiger partial charge in [0.15, 0.2) is 0 Å². The smallest absolute Gasteiger partial charge is 0.244 e. The summed E-state index contributed by atoms with van der Waals surface area (Å²) in [5, 5.41) is 0. The monoisotopic (exact) mass is 324 g/mol. The Morgan fingerprint density at radius 1 is 1.27 bits per heavy atom. The summed E-state index contributed by atoms with van der Waals surface area (Å²) in [6.07, 6.45) is 1.15. The number of rotatable bonds is 4. The minimum Gasteiger partial charge on any atom is -0.289 e. The molecular weight excluding hydrogens is 296 g/mol. The van der Waals surface area contributed by atoms with Gasteiger partial charge in [0.1, 0.15) is 0 Å². The molecule has 5 heteroatoms. The summed E-state index contributed by atoms with van der Waals surface area (Å²) in [4.78, 5) is 2.64. The summed E-state index contributed by atoms with van der Waals surface area (Å²) in [7, 11) is -1.79. The lowest BCUT2D eigenvalue weighted by Gasteiger charge is -2.27. The normalized spacial score (nSPS) is 20.7. The van der Waals surface area contributed by atoms with Crippen molar-refractivity contribution in [1.82, 2.24) is 9.21 Å². The van der Waals surface area contributed by atoms with E-state index in [1.165, 1.54) is 4.31 Å². The van der Waals surface area contributed by atoms with Gasteiger partial charge in [0, 0.05) is 13.6 Å². The minimum absolute atomic E-state index is 0.202. The van der Waals surface area contributed by atoms with Crippen LogP contribution in [0.3, 0.4) is 0 Å². The van der Waals surface area contributed by atoms with Gasteiger partial charge in [-0.15, -0.1) is 0 Å². The van der Waals surface area contributed by atoms with Gasteiger partial charge >= 0.3 is 0 Å². The van der Waals surface area contributed by atoms with Crippen LogP contribution in [0.15, 0.2) is 29.2 Å². The average molecular weight is 324 g/mol. The third-order valence-electron chi connectivity index (χ3n) is 4.29. The van der Waals surface area contributed by atoms with Crippen molar-refractivity contribution < 1.29 is 8.42 Å². The lowest BCUT2D eigenvalue weighted by Crippen LogP contribution is -2.38. The van der Waals surface area contributed by atoms with Crippen LogP contribution in [0.25, 0.3) is 0 Å². The van der Waals surface area contributed by atoms with Crippen LogP contribution in [0.5, 0.6) is 0 Å². The molecule has 0 radical (unpaired) electrons. The topological polar surface area (TPSA) is 40.6 Å². The maximum Gasteiger partial charge on any atom is 0.244 e. The van der Waals surface area contributed by atoms with E-state index in [0.29, 0.717) is 17.5 Å². The van der Waals surface area contributed by atoms with E-state index in [1.807, 2.05) is 32.9 Å². The third kappa shape index (κ3) is 3.70. The zero-order valence-corrected chi connectivity index (χ0v) is 15.2.